The standard InChI is InChI=1S/C41H54N4O7.C26H30N4O.C23H44N4O6.C18H12O2/c1-39(2,3)50-36(47)43-21-19-42(20-22-44(37(48)51-40(4,5)6)24-26-45(25-23-43)38(49)52-41(7,8)9)33(46)27-31-16-15-30-14-13-28-11-10-12-29-17-18-32(31)35(30)34(28)29;31-24(30-16-14-28-12-10-27-11-13-29-15-17-30)18-22-7-6-21-5-4-19-2-1-3-20-8-9-23(22)26(21)25(19)20;1-21(2,3)31-18(28)25-12-10-24-11-13-26(19(29)32-22(4,5)6)15-17-27(16-14-25)20(30)33-23(7,8)9;19-16(20)10-14-7-6-13-5-4-11-2-1-3-12-8-9-15(14)18(13)17(11)12/h10-18H,19-27H2,1-9H3;1-9,27-29H,10-18H2;24H,10-17H2,1-9H3;1-9H,10H2,(H,19,20). The number of ether oxygens (including phenoxy) is 6. The summed E-state index contributed by atoms with van der Waals surface area (Å²) in [6.07, 6.45) is -2.34. The Morgan fingerprint density at radius 2 is 0.404 bits per heavy atom. The lowest BCUT2D eigenvalue weighted by atomic mass is 9.91. The lowest BCUT2D eigenvalue weighted by Gasteiger charge is -2.36. The molecule has 136 heavy (non-hydrogen) atoms. The van der Waals surface area contributed by atoms with Gasteiger partial charge in [-0.2, -0.15) is 0 Å². The van der Waals surface area contributed by atoms with E-state index in [9.17, 15) is 43.2 Å². The van der Waals surface area contributed by atoms with Gasteiger partial charge in [0.15, 0.2) is 0 Å². The second-order valence-corrected chi connectivity index (χ2v) is 41.2. The number of carboxylic acid groups (broad SMARTS) is 1. The maximum Gasteiger partial charge on any atom is 0.410 e. The minimum absolute atomic E-state index is 0.0637. The van der Waals surface area contributed by atoms with Crippen LogP contribution in [0.3, 0.4) is 0 Å². The van der Waals surface area contributed by atoms with Gasteiger partial charge in [-0.15, -0.1) is 0 Å². The summed E-state index contributed by atoms with van der Waals surface area (Å²) in [5, 5.41) is 43.9. The topological polar surface area (TPSA) is 303 Å². The van der Waals surface area contributed by atoms with Crippen molar-refractivity contribution in [1.29, 1.82) is 0 Å². The van der Waals surface area contributed by atoms with E-state index in [1.165, 1.54) is 84.2 Å². The molecule has 0 radical (unpaired) electrons. The number of carbonyl (C=O) groups is 9. The van der Waals surface area contributed by atoms with Gasteiger partial charge in [-0.05, 0) is 238 Å². The van der Waals surface area contributed by atoms with Crippen LogP contribution in [0.4, 0.5) is 28.8 Å². The molecule has 8 amide bonds. The van der Waals surface area contributed by atoms with E-state index in [4.69, 9.17) is 33.5 Å². The van der Waals surface area contributed by atoms with Crippen molar-refractivity contribution in [2.24, 2.45) is 0 Å². The molecule has 0 aromatic heterocycles. The average molecular weight is 1860 g/mol. The highest BCUT2D eigenvalue weighted by Gasteiger charge is 2.34. The largest absolute Gasteiger partial charge is 0.481 e. The van der Waals surface area contributed by atoms with Crippen molar-refractivity contribution in [1.82, 2.24) is 60.5 Å². The first-order valence-corrected chi connectivity index (χ1v) is 47.7. The van der Waals surface area contributed by atoms with E-state index in [1.54, 1.807) is 97.8 Å². The van der Waals surface area contributed by atoms with Crippen LogP contribution >= 0.6 is 0 Å². The zero-order valence-corrected chi connectivity index (χ0v) is 82.8. The number of amides is 8. The highest BCUT2D eigenvalue weighted by molar-refractivity contribution is 6.26. The number of rotatable bonds is 6. The van der Waals surface area contributed by atoms with Crippen LogP contribution in [0.5, 0.6) is 0 Å². The normalized spacial score (nSPS) is 15.9. The molecule has 15 rings (SSSR count). The van der Waals surface area contributed by atoms with Crippen molar-refractivity contribution in [2.45, 2.75) is 177 Å². The first kappa shape index (κ1) is 103. The Bertz CT molecular complexity index is 6010. The fourth-order valence-electron chi connectivity index (χ4n) is 17.2. The Kier molecular flexibility index (Phi) is 33.7. The van der Waals surface area contributed by atoms with Gasteiger partial charge in [0.05, 0.1) is 19.3 Å². The maximum absolute atomic E-state index is 14.3. The summed E-state index contributed by atoms with van der Waals surface area (Å²) in [6, 6.07) is 56.9. The van der Waals surface area contributed by atoms with Crippen LogP contribution in [-0.4, -0.2) is 289 Å². The molecular formula is C108H140N12O16. The van der Waals surface area contributed by atoms with Crippen molar-refractivity contribution in [3.05, 3.63) is 180 Å². The predicted octanol–water partition coefficient (Wildman–Crippen LogP) is 17.9. The van der Waals surface area contributed by atoms with Crippen molar-refractivity contribution >= 4 is 151 Å². The highest BCUT2D eigenvalue weighted by atomic mass is 16.6. The molecule has 3 fully saturated rings. The highest BCUT2D eigenvalue weighted by Crippen LogP contribution is 2.40. The van der Waals surface area contributed by atoms with Crippen LogP contribution in [0, 0.1) is 0 Å². The van der Waals surface area contributed by atoms with E-state index in [0.29, 0.717) is 32.6 Å². The van der Waals surface area contributed by atoms with Crippen LogP contribution in [0.25, 0.3) is 97.0 Å². The van der Waals surface area contributed by atoms with Gasteiger partial charge in [0.25, 0.3) is 0 Å². The van der Waals surface area contributed by atoms with Crippen LogP contribution in [0.15, 0.2) is 164 Å². The lowest BCUT2D eigenvalue weighted by Crippen LogP contribution is -2.52. The zero-order valence-electron chi connectivity index (χ0n) is 82.8. The van der Waals surface area contributed by atoms with Crippen molar-refractivity contribution in [3.63, 3.8) is 0 Å². The Labute approximate surface area is 799 Å². The molecule has 3 aliphatic heterocycles. The van der Waals surface area contributed by atoms with Gasteiger partial charge in [-0.3, -0.25) is 14.4 Å². The summed E-state index contributed by atoms with van der Waals surface area (Å²) < 4.78 is 33.8. The Hall–Kier alpha value is -12.4. The quantitative estimate of drug-likeness (QED) is 0.0763. The molecule has 28 heteroatoms. The molecule has 12 aromatic rings. The first-order chi connectivity index (χ1) is 64.3. The van der Waals surface area contributed by atoms with Crippen molar-refractivity contribution in [2.75, 3.05) is 157 Å². The zero-order chi connectivity index (χ0) is 98.2. The monoisotopic (exact) mass is 1860 g/mol. The lowest BCUT2D eigenvalue weighted by molar-refractivity contribution is -0.136. The number of carbonyl (C=O) groups excluding carboxylic acids is 8. The van der Waals surface area contributed by atoms with E-state index >= 15 is 0 Å². The summed E-state index contributed by atoms with van der Waals surface area (Å²) in [6.45, 7) is 43.5. The number of nitrogens with zero attached hydrogens (tertiary/aromatic N) is 8. The van der Waals surface area contributed by atoms with Gasteiger partial charge in [0.1, 0.15) is 33.6 Å². The number of hydrogen-bond donors (Lipinski definition) is 5. The molecule has 3 aliphatic rings. The molecule has 0 saturated carbocycles. The molecule has 5 N–H and O–H groups in total. The second-order valence-electron chi connectivity index (χ2n) is 41.2. The molecule has 728 valence electrons. The minimum Gasteiger partial charge on any atom is -0.481 e. The van der Waals surface area contributed by atoms with Gasteiger partial charge in [0.2, 0.25) is 11.8 Å². The second kappa shape index (κ2) is 44.6. The SMILES string of the molecule is CC(C)(C)OC(=O)N1CCN(C(=O)Cc2ccc3ccc4cccc5ccc2c3c45)CCN(C(=O)OC(C)(C)C)CCN(C(=O)OC(C)(C)C)CC1.CC(C)(C)OC(=O)N1CCNCCN(C(=O)OC(C)(C)C)CCN(C(=O)OC(C)(C)C)CC1.O=C(Cc1ccc2ccc3cccc4ccc1c2c34)N1CCNCCNCCNCC1.O=C(O)Cc1ccc2ccc3cccc4ccc1c2c34. The fourth-order valence-corrected chi connectivity index (χ4v) is 17.2. The number of aliphatic carboxylic acids is 1. The smallest absolute Gasteiger partial charge is 0.410 e. The summed E-state index contributed by atoms with van der Waals surface area (Å²) in [5.41, 5.74) is -1.24. The number of hydrogen-bond acceptors (Lipinski definition) is 19. The fraction of sp³-hybridized carbons (Fsp3) is 0.472. The van der Waals surface area contributed by atoms with Crippen molar-refractivity contribution < 1.29 is 76.7 Å². The third-order valence-electron chi connectivity index (χ3n) is 23.5. The van der Waals surface area contributed by atoms with E-state index < -0.39 is 76.1 Å². The molecule has 3 heterocycles. The van der Waals surface area contributed by atoms with E-state index in [-0.39, 0.29) is 103 Å². The van der Waals surface area contributed by atoms with Crippen molar-refractivity contribution in [3.8, 4) is 0 Å². The van der Waals surface area contributed by atoms with Crippen LogP contribution in [0.1, 0.15) is 141 Å². The molecular weight excluding hydrogens is 1720 g/mol. The summed E-state index contributed by atoms with van der Waals surface area (Å²) in [5.74, 6) is -0.718. The van der Waals surface area contributed by atoms with E-state index in [1.807, 2.05) is 70.7 Å². The molecule has 0 aliphatic carbocycles. The first-order valence-electron chi connectivity index (χ1n) is 47.7. The van der Waals surface area contributed by atoms with Gasteiger partial charge in [0, 0.05) is 157 Å². The Morgan fingerprint density at radius 1 is 0.228 bits per heavy atom. The molecule has 0 spiro atoms. The van der Waals surface area contributed by atoms with Gasteiger partial charge < -0.3 is 94.0 Å². The van der Waals surface area contributed by atoms with E-state index in [0.717, 1.165) is 101 Å². The summed E-state index contributed by atoms with van der Waals surface area (Å²) >= 11 is 0. The number of benzene rings is 12. The Balaban J connectivity index is 0.000000172. The maximum atomic E-state index is 14.3. The minimum atomic E-state index is -0.792. The molecule has 28 nitrogen and oxygen atoms in total. The number of nitrogens with one attached hydrogen (secondary N) is 4. The predicted molar refractivity (Wildman–Crippen MR) is 541 cm³/mol. The van der Waals surface area contributed by atoms with Gasteiger partial charge in [-0.1, -0.05) is 164 Å². The van der Waals surface area contributed by atoms with Gasteiger partial charge in [-0.25, -0.2) is 28.8 Å². The molecule has 0 atom stereocenters. The average Bonchev–Trinajstić information content (AvgIpc) is 0.747. The third kappa shape index (κ3) is 28.6. The van der Waals surface area contributed by atoms with Crippen LogP contribution in [0.2, 0.25) is 0 Å². The summed E-state index contributed by atoms with van der Waals surface area (Å²) in [7, 11) is 0. The number of carboxylic acids is 1. The van der Waals surface area contributed by atoms with Crippen LogP contribution in [-0.2, 0) is 62.1 Å². The Morgan fingerprint density at radius 3 is 0.640 bits per heavy atom. The van der Waals surface area contributed by atoms with E-state index in [2.05, 4.69) is 161 Å². The summed E-state index contributed by atoms with van der Waals surface area (Å²) in [4.78, 5) is 130. The third-order valence-corrected chi connectivity index (χ3v) is 23.5. The molecule has 12 aromatic carbocycles. The van der Waals surface area contributed by atoms with Crippen LogP contribution < -0.4 is 21.3 Å². The molecule has 3 saturated heterocycles. The molecule has 0 bridgehead atoms. The molecule has 0 unspecified atom stereocenters. The van der Waals surface area contributed by atoms with Gasteiger partial charge >= 0.3 is 42.5 Å².